The van der Waals surface area contributed by atoms with Gasteiger partial charge in [0.2, 0.25) is 0 Å². The Balaban J connectivity index is 2.42. The molecule has 2 aromatic carbocycles. The van der Waals surface area contributed by atoms with Crippen LogP contribution in [0, 0.1) is 0 Å². The number of esters is 1. The SMILES string of the molecule is COC(=O)/C=C/c1ccc(OS(=O)(=O)c2cc(Cl)cc(Br)c2OC)c(OC)c1. The molecule has 2 rings (SSSR count). The van der Waals surface area contributed by atoms with Gasteiger partial charge in [-0.1, -0.05) is 17.7 Å². The number of ether oxygens (including phenoxy) is 3. The van der Waals surface area contributed by atoms with Crippen molar-refractivity contribution in [2.45, 2.75) is 4.90 Å². The lowest BCUT2D eigenvalue weighted by Gasteiger charge is -2.14. The minimum Gasteiger partial charge on any atom is -0.494 e. The third kappa shape index (κ3) is 5.18. The standard InChI is InChI=1S/C18H16BrClO7S/c1-24-15-8-11(5-7-17(21)25-2)4-6-14(15)27-28(22,23)16-10-12(20)9-13(19)18(16)26-3/h4-10H,1-3H3/b7-5+. The van der Waals surface area contributed by atoms with Gasteiger partial charge in [0.15, 0.2) is 22.1 Å². The molecular weight excluding hydrogens is 476 g/mol. The topological polar surface area (TPSA) is 88.1 Å². The Morgan fingerprint density at radius 1 is 1.07 bits per heavy atom. The number of hydrogen-bond donors (Lipinski definition) is 0. The highest BCUT2D eigenvalue weighted by Gasteiger charge is 2.26. The van der Waals surface area contributed by atoms with E-state index in [1.54, 1.807) is 6.07 Å². The van der Waals surface area contributed by atoms with E-state index >= 15 is 0 Å². The number of rotatable bonds is 7. The highest BCUT2D eigenvalue weighted by Crippen LogP contribution is 2.38. The molecule has 0 saturated carbocycles. The summed E-state index contributed by atoms with van der Waals surface area (Å²) in [7, 11) is -0.337. The number of hydrogen-bond acceptors (Lipinski definition) is 7. The molecule has 0 unspecified atom stereocenters. The summed E-state index contributed by atoms with van der Waals surface area (Å²) in [5.41, 5.74) is 0.579. The van der Waals surface area contributed by atoms with Crippen LogP contribution in [0.1, 0.15) is 5.56 Å². The minimum atomic E-state index is -4.29. The molecule has 0 aromatic heterocycles. The van der Waals surface area contributed by atoms with Crippen molar-refractivity contribution < 1.29 is 31.6 Å². The van der Waals surface area contributed by atoms with Crippen LogP contribution in [0.3, 0.4) is 0 Å². The van der Waals surface area contributed by atoms with Crippen LogP contribution in [-0.2, 0) is 19.6 Å². The lowest BCUT2D eigenvalue weighted by atomic mass is 10.2. The van der Waals surface area contributed by atoms with E-state index in [9.17, 15) is 13.2 Å². The average Bonchev–Trinajstić information content (AvgIpc) is 2.66. The van der Waals surface area contributed by atoms with E-state index in [1.165, 1.54) is 57.7 Å². The molecule has 0 aliphatic rings. The monoisotopic (exact) mass is 490 g/mol. The molecule has 0 radical (unpaired) electrons. The maximum Gasteiger partial charge on any atom is 0.343 e. The van der Waals surface area contributed by atoms with Gasteiger partial charge in [-0.05, 0) is 51.8 Å². The summed E-state index contributed by atoms with van der Waals surface area (Å²) in [4.78, 5) is 11.0. The summed E-state index contributed by atoms with van der Waals surface area (Å²) in [5, 5.41) is 0.185. The second-order valence-electron chi connectivity index (χ2n) is 5.22. The number of methoxy groups -OCH3 is 3. The van der Waals surface area contributed by atoms with E-state index in [0.29, 0.717) is 10.0 Å². The molecule has 0 heterocycles. The second-order valence-corrected chi connectivity index (χ2v) is 8.03. The van der Waals surface area contributed by atoms with Gasteiger partial charge in [-0.25, -0.2) is 4.79 Å². The van der Waals surface area contributed by atoms with Gasteiger partial charge in [0.05, 0.1) is 25.8 Å². The first-order valence-corrected chi connectivity index (χ1v) is 10.2. The number of carbonyl (C=O) groups excluding carboxylic acids is 1. The van der Waals surface area contributed by atoms with Crippen LogP contribution in [0.4, 0.5) is 0 Å². The van der Waals surface area contributed by atoms with Crippen LogP contribution in [-0.4, -0.2) is 35.7 Å². The number of halogens is 2. The summed E-state index contributed by atoms with van der Waals surface area (Å²) in [5.74, 6) is -0.368. The zero-order valence-electron chi connectivity index (χ0n) is 15.1. The molecule has 0 atom stereocenters. The van der Waals surface area contributed by atoms with Crippen molar-refractivity contribution in [3.8, 4) is 17.2 Å². The number of carbonyl (C=O) groups is 1. The highest BCUT2D eigenvalue weighted by atomic mass is 79.9. The van der Waals surface area contributed by atoms with Crippen molar-refractivity contribution in [1.29, 1.82) is 0 Å². The fraction of sp³-hybridized carbons (Fsp3) is 0.167. The Labute approximate surface area is 176 Å². The van der Waals surface area contributed by atoms with Crippen molar-refractivity contribution in [2.24, 2.45) is 0 Å². The molecule has 7 nitrogen and oxygen atoms in total. The van der Waals surface area contributed by atoms with E-state index in [1.807, 2.05) is 0 Å². The first-order chi connectivity index (χ1) is 13.2. The van der Waals surface area contributed by atoms with Gasteiger partial charge in [0, 0.05) is 11.1 Å². The van der Waals surface area contributed by atoms with Gasteiger partial charge >= 0.3 is 16.1 Å². The van der Waals surface area contributed by atoms with Crippen LogP contribution in [0.25, 0.3) is 6.08 Å². The Bertz CT molecular complexity index is 1020. The average molecular weight is 492 g/mol. The zero-order valence-corrected chi connectivity index (χ0v) is 18.2. The van der Waals surface area contributed by atoms with Gasteiger partial charge in [-0.2, -0.15) is 8.42 Å². The van der Waals surface area contributed by atoms with Gasteiger partial charge in [-0.3, -0.25) is 0 Å². The summed E-state index contributed by atoms with van der Waals surface area (Å²) >= 11 is 9.17. The molecule has 0 amide bonds. The fourth-order valence-electron chi connectivity index (χ4n) is 2.17. The molecule has 10 heteroatoms. The zero-order chi connectivity index (χ0) is 20.9. The van der Waals surface area contributed by atoms with Crippen LogP contribution >= 0.6 is 27.5 Å². The van der Waals surface area contributed by atoms with Gasteiger partial charge in [0.1, 0.15) is 0 Å². The lowest BCUT2D eigenvalue weighted by molar-refractivity contribution is -0.134. The molecule has 0 N–H and O–H groups in total. The molecule has 0 bridgehead atoms. The molecule has 150 valence electrons. The molecular formula is C18H16BrClO7S. The summed E-state index contributed by atoms with van der Waals surface area (Å²) in [6, 6.07) is 7.19. The fourth-order valence-corrected chi connectivity index (χ4v) is 4.50. The highest BCUT2D eigenvalue weighted by molar-refractivity contribution is 9.10. The van der Waals surface area contributed by atoms with Crippen LogP contribution in [0.5, 0.6) is 17.2 Å². The summed E-state index contributed by atoms with van der Waals surface area (Å²) < 4.78 is 46.0. The molecule has 0 saturated heterocycles. The van der Waals surface area contributed by atoms with Crippen LogP contribution in [0.15, 0.2) is 45.8 Å². The Morgan fingerprint density at radius 3 is 2.39 bits per heavy atom. The maximum atomic E-state index is 12.8. The van der Waals surface area contributed by atoms with Crippen molar-refractivity contribution in [3.63, 3.8) is 0 Å². The van der Waals surface area contributed by atoms with Crippen molar-refractivity contribution in [1.82, 2.24) is 0 Å². The third-order valence-electron chi connectivity index (χ3n) is 3.45. The minimum absolute atomic E-state index is 0.0455. The van der Waals surface area contributed by atoms with E-state index in [2.05, 4.69) is 20.7 Å². The van der Waals surface area contributed by atoms with E-state index in [-0.39, 0.29) is 27.2 Å². The Hall–Kier alpha value is -2.23. The largest absolute Gasteiger partial charge is 0.494 e. The van der Waals surface area contributed by atoms with Crippen LogP contribution in [0.2, 0.25) is 5.02 Å². The van der Waals surface area contributed by atoms with Crippen molar-refractivity contribution >= 4 is 49.7 Å². The normalized spacial score (nSPS) is 11.3. The van der Waals surface area contributed by atoms with Gasteiger partial charge < -0.3 is 18.4 Å². The quantitative estimate of drug-likeness (QED) is 0.328. The summed E-state index contributed by atoms with van der Waals surface area (Å²) in [6.07, 6.45) is 2.71. The van der Waals surface area contributed by atoms with Crippen molar-refractivity contribution in [3.05, 3.63) is 51.5 Å². The smallest absolute Gasteiger partial charge is 0.343 e. The van der Waals surface area contributed by atoms with E-state index in [0.717, 1.165) is 0 Å². The molecule has 0 aliphatic carbocycles. The van der Waals surface area contributed by atoms with Crippen LogP contribution < -0.4 is 13.7 Å². The lowest BCUT2D eigenvalue weighted by Crippen LogP contribution is -2.12. The second kappa shape index (κ2) is 9.31. The number of benzene rings is 2. The maximum absolute atomic E-state index is 12.8. The molecule has 0 spiro atoms. The van der Waals surface area contributed by atoms with E-state index < -0.39 is 16.1 Å². The Kier molecular flexibility index (Phi) is 7.34. The molecule has 2 aromatic rings. The molecule has 0 aliphatic heterocycles. The van der Waals surface area contributed by atoms with Crippen molar-refractivity contribution in [2.75, 3.05) is 21.3 Å². The first kappa shape index (κ1) is 22.1. The molecule has 28 heavy (non-hydrogen) atoms. The predicted octanol–water partition coefficient (Wildman–Crippen LogP) is 4.07. The third-order valence-corrected chi connectivity index (χ3v) is 5.50. The first-order valence-electron chi connectivity index (χ1n) is 7.63. The summed E-state index contributed by atoms with van der Waals surface area (Å²) in [6.45, 7) is 0. The Morgan fingerprint density at radius 2 is 1.79 bits per heavy atom. The predicted molar refractivity (Wildman–Crippen MR) is 108 cm³/mol. The molecule has 0 fully saturated rings. The van der Waals surface area contributed by atoms with Gasteiger partial charge in [-0.15, -0.1) is 0 Å². The van der Waals surface area contributed by atoms with E-state index in [4.69, 9.17) is 25.3 Å². The van der Waals surface area contributed by atoms with Gasteiger partial charge in [0.25, 0.3) is 0 Å².